The second-order valence-corrected chi connectivity index (χ2v) is 13.5. The standard InChI is InChI=1S/C35H37N5O5S/c1-5-44-34(41)31-21-37-35(38-29-14-16-40(17-15-29)22-26-8-12-30(13-9-26)46(4,42)43)39-33(31)45-32-23(2)18-28(19-24(32)3)27-10-6-25(20-36)7-11-27/h6-13,18-19,21,29H,5,14-17,22H2,1-4H3,(H,37,38,39). The van der Waals surface area contributed by atoms with E-state index in [1.54, 1.807) is 31.2 Å². The third-order valence-electron chi connectivity index (χ3n) is 7.93. The first-order chi connectivity index (χ1) is 22.0. The number of nitrogens with one attached hydrogen (secondary N) is 1. The molecule has 10 nitrogen and oxygen atoms in total. The third-order valence-corrected chi connectivity index (χ3v) is 9.06. The van der Waals surface area contributed by atoms with Crippen molar-refractivity contribution in [1.82, 2.24) is 14.9 Å². The van der Waals surface area contributed by atoms with Crippen molar-refractivity contribution in [2.75, 3.05) is 31.3 Å². The Kier molecular flexibility index (Phi) is 9.99. The van der Waals surface area contributed by atoms with Crippen LogP contribution in [0, 0.1) is 25.2 Å². The number of nitriles is 1. The minimum absolute atomic E-state index is 0.114. The number of aromatic nitrogens is 2. The van der Waals surface area contributed by atoms with Gasteiger partial charge in [-0.15, -0.1) is 0 Å². The Balaban J connectivity index is 1.29. The van der Waals surface area contributed by atoms with E-state index in [1.807, 2.05) is 50.2 Å². The normalized spacial score (nSPS) is 14.0. The molecule has 1 N–H and O–H groups in total. The topological polar surface area (TPSA) is 135 Å². The fourth-order valence-electron chi connectivity index (χ4n) is 5.49. The highest BCUT2D eigenvalue weighted by Gasteiger charge is 2.23. The summed E-state index contributed by atoms with van der Waals surface area (Å²) in [6, 6.07) is 20.7. The first-order valence-electron chi connectivity index (χ1n) is 15.2. The number of anilines is 1. The molecule has 0 saturated carbocycles. The first-order valence-corrected chi connectivity index (χ1v) is 17.0. The zero-order valence-electron chi connectivity index (χ0n) is 26.4. The summed E-state index contributed by atoms with van der Waals surface area (Å²) in [5.74, 6) is 0.502. The van der Waals surface area contributed by atoms with Crippen LogP contribution in [0.2, 0.25) is 0 Å². The number of rotatable bonds is 10. The van der Waals surface area contributed by atoms with Gasteiger partial charge in [-0.25, -0.2) is 18.2 Å². The summed E-state index contributed by atoms with van der Waals surface area (Å²) in [5, 5.41) is 12.5. The minimum Gasteiger partial charge on any atom is -0.462 e. The number of piperidine rings is 1. The molecule has 0 radical (unpaired) electrons. The summed E-state index contributed by atoms with van der Waals surface area (Å²) in [6.07, 6.45) is 4.36. The summed E-state index contributed by atoms with van der Waals surface area (Å²) in [7, 11) is -3.22. The van der Waals surface area contributed by atoms with Crippen molar-refractivity contribution in [1.29, 1.82) is 5.26 Å². The number of sulfone groups is 1. The Labute approximate surface area is 269 Å². The van der Waals surface area contributed by atoms with Crippen LogP contribution < -0.4 is 10.1 Å². The van der Waals surface area contributed by atoms with Crippen molar-refractivity contribution in [3.05, 3.63) is 94.7 Å². The van der Waals surface area contributed by atoms with Gasteiger partial charge >= 0.3 is 5.97 Å². The number of ether oxygens (including phenoxy) is 2. The molecule has 0 aliphatic carbocycles. The number of carbonyl (C=O) groups is 1. The number of hydrogen-bond donors (Lipinski definition) is 1. The van der Waals surface area contributed by atoms with Crippen molar-refractivity contribution in [2.45, 2.75) is 51.1 Å². The van der Waals surface area contributed by atoms with Gasteiger partial charge in [0, 0.05) is 31.9 Å². The Bertz CT molecular complexity index is 1840. The number of nitrogens with zero attached hydrogens (tertiary/aromatic N) is 4. The van der Waals surface area contributed by atoms with Gasteiger partial charge in [0.15, 0.2) is 9.84 Å². The van der Waals surface area contributed by atoms with Crippen molar-refractivity contribution >= 4 is 21.8 Å². The number of esters is 1. The van der Waals surface area contributed by atoms with E-state index in [0.29, 0.717) is 22.2 Å². The minimum atomic E-state index is -3.22. The van der Waals surface area contributed by atoms with Gasteiger partial charge in [0.1, 0.15) is 11.3 Å². The van der Waals surface area contributed by atoms with Crippen molar-refractivity contribution in [2.24, 2.45) is 0 Å². The molecule has 238 valence electrons. The molecule has 4 aromatic rings. The molecule has 46 heavy (non-hydrogen) atoms. The summed E-state index contributed by atoms with van der Waals surface area (Å²) in [4.78, 5) is 24.5. The number of hydrogen-bond acceptors (Lipinski definition) is 10. The van der Waals surface area contributed by atoms with E-state index in [1.165, 1.54) is 12.5 Å². The van der Waals surface area contributed by atoms with E-state index in [4.69, 9.17) is 14.7 Å². The predicted molar refractivity (Wildman–Crippen MR) is 176 cm³/mol. The summed E-state index contributed by atoms with van der Waals surface area (Å²) < 4.78 is 35.1. The maximum Gasteiger partial charge on any atom is 0.345 e. The van der Waals surface area contributed by atoms with Gasteiger partial charge in [0.05, 0.1) is 29.3 Å². The number of aryl methyl sites for hydroxylation is 2. The van der Waals surface area contributed by atoms with Crippen LogP contribution in [0.3, 0.4) is 0 Å². The van der Waals surface area contributed by atoms with Crippen LogP contribution in [-0.4, -0.2) is 61.2 Å². The lowest BCUT2D eigenvalue weighted by atomic mass is 9.99. The highest BCUT2D eigenvalue weighted by atomic mass is 32.2. The van der Waals surface area contributed by atoms with E-state index in [9.17, 15) is 13.2 Å². The summed E-state index contributed by atoms with van der Waals surface area (Å²) >= 11 is 0. The maximum atomic E-state index is 12.8. The molecule has 0 spiro atoms. The number of carbonyl (C=O) groups excluding carboxylic acids is 1. The number of benzene rings is 3. The zero-order valence-corrected chi connectivity index (χ0v) is 27.2. The van der Waals surface area contributed by atoms with Crippen LogP contribution in [-0.2, 0) is 21.1 Å². The van der Waals surface area contributed by atoms with Gasteiger partial charge in [0.25, 0.3) is 0 Å². The van der Waals surface area contributed by atoms with Crippen LogP contribution in [0.15, 0.2) is 71.8 Å². The molecule has 0 amide bonds. The van der Waals surface area contributed by atoms with Gasteiger partial charge in [-0.1, -0.05) is 24.3 Å². The lowest BCUT2D eigenvalue weighted by Gasteiger charge is -2.32. The molecule has 1 aliphatic rings. The van der Waals surface area contributed by atoms with Crippen LogP contribution in [0.1, 0.15) is 52.4 Å². The second-order valence-electron chi connectivity index (χ2n) is 11.5. The number of likely N-dealkylation sites (tertiary alicyclic amines) is 1. The van der Waals surface area contributed by atoms with Crippen LogP contribution in [0.4, 0.5) is 5.95 Å². The molecule has 0 bridgehead atoms. The second kappa shape index (κ2) is 14.1. The fourth-order valence-corrected chi connectivity index (χ4v) is 6.12. The van der Waals surface area contributed by atoms with Gasteiger partial charge < -0.3 is 14.8 Å². The van der Waals surface area contributed by atoms with Crippen LogP contribution >= 0.6 is 0 Å². The molecule has 1 saturated heterocycles. The van der Waals surface area contributed by atoms with E-state index in [-0.39, 0.29) is 24.1 Å². The molecular weight excluding hydrogens is 602 g/mol. The molecule has 1 fully saturated rings. The van der Waals surface area contributed by atoms with Crippen LogP contribution in [0.5, 0.6) is 11.6 Å². The summed E-state index contributed by atoms with van der Waals surface area (Å²) in [5.41, 5.74) is 5.49. The molecule has 2 heterocycles. The summed E-state index contributed by atoms with van der Waals surface area (Å²) in [6.45, 7) is 8.25. The average molecular weight is 640 g/mol. The fraction of sp³-hybridized carbons (Fsp3) is 0.314. The molecular formula is C35H37N5O5S. The van der Waals surface area contributed by atoms with E-state index in [2.05, 4.69) is 26.3 Å². The smallest absolute Gasteiger partial charge is 0.345 e. The van der Waals surface area contributed by atoms with Gasteiger partial charge in [-0.3, -0.25) is 4.90 Å². The zero-order chi connectivity index (χ0) is 32.8. The SMILES string of the molecule is CCOC(=O)c1cnc(NC2CCN(Cc3ccc(S(C)(=O)=O)cc3)CC2)nc1Oc1c(C)cc(-c2ccc(C#N)cc2)cc1C. The third kappa shape index (κ3) is 7.88. The predicted octanol–water partition coefficient (Wildman–Crippen LogP) is 6.08. The quantitative estimate of drug-likeness (QED) is 0.203. The highest BCUT2D eigenvalue weighted by molar-refractivity contribution is 7.90. The lowest BCUT2D eigenvalue weighted by molar-refractivity contribution is 0.0522. The van der Waals surface area contributed by atoms with E-state index < -0.39 is 15.8 Å². The van der Waals surface area contributed by atoms with Gasteiger partial charge in [0.2, 0.25) is 11.8 Å². The van der Waals surface area contributed by atoms with E-state index >= 15 is 0 Å². The Hall–Kier alpha value is -4.79. The molecule has 5 rings (SSSR count). The lowest BCUT2D eigenvalue weighted by Crippen LogP contribution is -2.39. The van der Waals surface area contributed by atoms with Gasteiger partial charge in [-0.2, -0.15) is 10.2 Å². The maximum absolute atomic E-state index is 12.8. The monoisotopic (exact) mass is 639 g/mol. The largest absolute Gasteiger partial charge is 0.462 e. The Morgan fingerprint density at radius 2 is 1.67 bits per heavy atom. The molecule has 0 atom stereocenters. The molecule has 0 unspecified atom stereocenters. The average Bonchev–Trinajstić information content (AvgIpc) is 3.04. The van der Waals surface area contributed by atoms with Crippen LogP contribution in [0.25, 0.3) is 11.1 Å². The molecule has 1 aromatic heterocycles. The Morgan fingerprint density at radius 1 is 1.02 bits per heavy atom. The van der Waals surface area contributed by atoms with Gasteiger partial charge in [-0.05, 0) is 97.8 Å². The van der Waals surface area contributed by atoms with Crippen molar-refractivity contribution < 1.29 is 22.7 Å². The molecule has 1 aliphatic heterocycles. The van der Waals surface area contributed by atoms with Crippen molar-refractivity contribution in [3.63, 3.8) is 0 Å². The highest BCUT2D eigenvalue weighted by Crippen LogP contribution is 2.34. The van der Waals surface area contributed by atoms with E-state index in [0.717, 1.165) is 60.3 Å². The first kappa shape index (κ1) is 32.6. The molecule has 3 aromatic carbocycles. The molecule has 11 heteroatoms. The van der Waals surface area contributed by atoms with Crippen molar-refractivity contribution in [3.8, 4) is 28.8 Å². The Morgan fingerprint density at radius 3 is 2.26 bits per heavy atom.